The van der Waals surface area contributed by atoms with Crippen molar-refractivity contribution in [2.45, 2.75) is 26.8 Å². The van der Waals surface area contributed by atoms with Crippen molar-refractivity contribution in [1.29, 1.82) is 0 Å². The summed E-state index contributed by atoms with van der Waals surface area (Å²) in [5, 5.41) is 6.59. The zero-order chi connectivity index (χ0) is 17.2. The average Bonchev–Trinajstić information content (AvgIpc) is 2.56. The van der Waals surface area contributed by atoms with Crippen LogP contribution in [0.2, 0.25) is 0 Å². The second-order valence-electron chi connectivity index (χ2n) is 5.57. The predicted octanol–water partition coefficient (Wildman–Crippen LogP) is 3.04. The van der Waals surface area contributed by atoms with E-state index in [-0.39, 0.29) is 24.0 Å². The third kappa shape index (κ3) is 7.02. The number of hydrogen-bond donors (Lipinski definition) is 2. The molecule has 138 valence electrons. The number of benzene rings is 1. The van der Waals surface area contributed by atoms with Gasteiger partial charge in [0.25, 0.3) is 0 Å². The number of rotatable bonds is 8. The van der Waals surface area contributed by atoms with Gasteiger partial charge in [0.1, 0.15) is 0 Å². The van der Waals surface area contributed by atoms with Crippen molar-refractivity contribution in [3.05, 3.63) is 17.7 Å². The average molecular weight is 451 g/mol. The maximum Gasteiger partial charge on any atom is 0.203 e. The van der Waals surface area contributed by atoms with Gasteiger partial charge in [-0.25, -0.2) is 0 Å². The first-order chi connectivity index (χ1) is 11.0. The van der Waals surface area contributed by atoms with Crippen LogP contribution in [0.25, 0.3) is 0 Å². The molecule has 1 rings (SSSR count). The van der Waals surface area contributed by atoms with Crippen molar-refractivity contribution < 1.29 is 14.2 Å². The highest BCUT2D eigenvalue weighted by atomic mass is 127. The molecule has 0 spiro atoms. The van der Waals surface area contributed by atoms with Crippen LogP contribution in [0, 0.1) is 5.92 Å². The zero-order valence-electron chi connectivity index (χ0n) is 15.4. The minimum atomic E-state index is 0. The largest absolute Gasteiger partial charge is 0.493 e. The van der Waals surface area contributed by atoms with Crippen LogP contribution in [0.15, 0.2) is 17.1 Å². The highest BCUT2D eigenvalue weighted by Crippen LogP contribution is 2.38. The molecular weight excluding hydrogens is 421 g/mol. The topological polar surface area (TPSA) is 64.1 Å². The van der Waals surface area contributed by atoms with Gasteiger partial charge in [0.2, 0.25) is 5.75 Å². The van der Waals surface area contributed by atoms with Crippen LogP contribution in [0.5, 0.6) is 17.2 Å². The van der Waals surface area contributed by atoms with Crippen molar-refractivity contribution >= 4 is 29.9 Å². The van der Waals surface area contributed by atoms with E-state index in [1.54, 1.807) is 28.4 Å². The lowest BCUT2D eigenvalue weighted by Gasteiger charge is -2.16. The smallest absolute Gasteiger partial charge is 0.203 e. The zero-order valence-corrected chi connectivity index (χ0v) is 17.8. The Kier molecular flexibility index (Phi) is 11.4. The van der Waals surface area contributed by atoms with E-state index in [4.69, 9.17) is 14.2 Å². The molecule has 1 aromatic rings. The van der Waals surface area contributed by atoms with Crippen molar-refractivity contribution in [1.82, 2.24) is 10.6 Å². The molecular formula is C17H30IN3O3. The van der Waals surface area contributed by atoms with Crippen LogP contribution >= 0.6 is 24.0 Å². The number of halogens is 1. The maximum atomic E-state index is 5.37. The van der Waals surface area contributed by atoms with Crippen LogP contribution in [0.4, 0.5) is 0 Å². The Morgan fingerprint density at radius 2 is 1.62 bits per heavy atom. The third-order valence-corrected chi connectivity index (χ3v) is 3.42. The maximum absolute atomic E-state index is 5.37. The molecule has 0 saturated heterocycles. The van der Waals surface area contributed by atoms with Crippen LogP contribution in [-0.2, 0) is 6.54 Å². The second kappa shape index (κ2) is 12.0. The van der Waals surface area contributed by atoms with Crippen LogP contribution < -0.4 is 24.8 Å². The van der Waals surface area contributed by atoms with Gasteiger partial charge in [0, 0.05) is 20.1 Å². The molecule has 0 heterocycles. The summed E-state index contributed by atoms with van der Waals surface area (Å²) >= 11 is 0. The summed E-state index contributed by atoms with van der Waals surface area (Å²) in [7, 11) is 6.58. The summed E-state index contributed by atoms with van der Waals surface area (Å²) in [6, 6.07) is 3.85. The van der Waals surface area contributed by atoms with Gasteiger partial charge in [-0.3, -0.25) is 4.99 Å². The molecule has 1 aromatic carbocycles. The summed E-state index contributed by atoms with van der Waals surface area (Å²) in [6.07, 6.45) is 1.10. The van der Waals surface area contributed by atoms with E-state index in [2.05, 4.69) is 29.5 Å². The Bertz CT molecular complexity index is 497. The van der Waals surface area contributed by atoms with Gasteiger partial charge in [-0.15, -0.1) is 24.0 Å². The van der Waals surface area contributed by atoms with Crippen LogP contribution in [-0.4, -0.2) is 40.9 Å². The van der Waals surface area contributed by atoms with Gasteiger partial charge in [-0.05, 0) is 30.0 Å². The lowest BCUT2D eigenvalue weighted by Crippen LogP contribution is -2.37. The lowest BCUT2D eigenvalue weighted by molar-refractivity contribution is 0.323. The third-order valence-electron chi connectivity index (χ3n) is 3.42. The molecule has 0 fully saturated rings. The van der Waals surface area contributed by atoms with E-state index < -0.39 is 0 Å². The highest BCUT2D eigenvalue weighted by molar-refractivity contribution is 14.0. The van der Waals surface area contributed by atoms with E-state index in [0.29, 0.717) is 29.7 Å². The first-order valence-electron chi connectivity index (χ1n) is 7.79. The van der Waals surface area contributed by atoms with Gasteiger partial charge in [0.05, 0.1) is 21.3 Å². The predicted molar refractivity (Wildman–Crippen MR) is 109 cm³/mol. The van der Waals surface area contributed by atoms with Crippen LogP contribution in [0.3, 0.4) is 0 Å². The summed E-state index contributed by atoms with van der Waals surface area (Å²) in [4.78, 5) is 4.23. The number of methoxy groups -OCH3 is 3. The minimum absolute atomic E-state index is 0. The Balaban J connectivity index is 0.00000529. The fourth-order valence-electron chi connectivity index (χ4n) is 2.12. The summed E-state index contributed by atoms with van der Waals surface area (Å²) < 4.78 is 16.1. The Hall–Kier alpha value is -1.38. The SMILES string of the molecule is CN=C(NCCC(C)C)NCc1cc(OC)c(OC)c(OC)c1.I. The first-order valence-corrected chi connectivity index (χ1v) is 7.79. The number of ether oxygens (including phenoxy) is 3. The van der Waals surface area contributed by atoms with Crippen LogP contribution in [0.1, 0.15) is 25.8 Å². The molecule has 0 amide bonds. The lowest BCUT2D eigenvalue weighted by atomic mass is 10.1. The molecule has 0 bridgehead atoms. The molecule has 0 unspecified atom stereocenters. The first kappa shape index (κ1) is 22.6. The van der Waals surface area contributed by atoms with Crippen molar-refractivity contribution in [3.8, 4) is 17.2 Å². The number of nitrogens with one attached hydrogen (secondary N) is 2. The molecule has 0 aliphatic rings. The van der Waals surface area contributed by atoms with E-state index in [1.807, 2.05) is 12.1 Å². The molecule has 7 heteroatoms. The monoisotopic (exact) mass is 451 g/mol. The van der Waals surface area contributed by atoms with Crippen molar-refractivity contribution in [2.75, 3.05) is 34.9 Å². The van der Waals surface area contributed by atoms with Gasteiger partial charge in [-0.1, -0.05) is 13.8 Å². The number of guanidine groups is 1. The van der Waals surface area contributed by atoms with E-state index in [9.17, 15) is 0 Å². The molecule has 0 aliphatic carbocycles. The Morgan fingerprint density at radius 1 is 1.04 bits per heavy atom. The molecule has 2 N–H and O–H groups in total. The number of nitrogens with zero attached hydrogens (tertiary/aromatic N) is 1. The summed E-state index contributed by atoms with van der Waals surface area (Å²) in [5.74, 6) is 3.33. The molecule has 0 aromatic heterocycles. The molecule has 0 saturated carbocycles. The Labute approximate surface area is 162 Å². The van der Waals surface area contributed by atoms with Gasteiger partial charge in [-0.2, -0.15) is 0 Å². The fourth-order valence-corrected chi connectivity index (χ4v) is 2.12. The van der Waals surface area contributed by atoms with Gasteiger partial charge >= 0.3 is 0 Å². The molecule has 0 aliphatic heterocycles. The molecule has 6 nitrogen and oxygen atoms in total. The number of aliphatic imine (C=N–C) groups is 1. The van der Waals surface area contributed by atoms with Crippen molar-refractivity contribution in [2.24, 2.45) is 10.9 Å². The summed E-state index contributed by atoms with van der Waals surface area (Å²) in [6.45, 7) is 5.91. The minimum Gasteiger partial charge on any atom is -0.493 e. The van der Waals surface area contributed by atoms with Crippen molar-refractivity contribution in [3.63, 3.8) is 0 Å². The Morgan fingerprint density at radius 3 is 2.04 bits per heavy atom. The quantitative estimate of drug-likeness (QED) is 0.362. The van der Waals surface area contributed by atoms with E-state index in [1.165, 1.54) is 0 Å². The second-order valence-corrected chi connectivity index (χ2v) is 5.57. The van der Waals surface area contributed by atoms with E-state index in [0.717, 1.165) is 24.5 Å². The summed E-state index contributed by atoms with van der Waals surface area (Å²) in [5.41, 5.74) is 1.02. The fraction of sp³-hybridized carbons (Fsp3) is 0.588. The molecule has 24 heavy (non-hydrogen) atoms. The van der Waals surface area contributed by atoms with Gasteiger partial charge < -0.3 is 24.8 Å². The van der Waals surface area contributed by atoms with Gasteiger partial charge in [0.15, 0.2) is 17.5 Å². The standard InChI is InChI=1S/C17H29N3O3.HI/c1-12(2)7-8-19-17(18-3)20-11-13-9-14(21-4)16(23-6)15(10-13)22-5;/h9-10,12H,7-8,11H2,1-6H3,(H2,18,19,20);1H. The molecule has 0 atom stereocenters. The number of hydrogen-bond acceptors (Lipinski definition) is 4. The molecule has 0 radical (unpaired) electrons. The normalized spacial score (nSPS) is 10.9. The van der Waals surface area contributed by atoms with E-state index >= 15 is 0 Å². The highest BCUT2D eigenvalue weighted by Gasteiger charge is 2.13.